The van der Waals surface area contributed by atoms with Gasteiger partial charge in [-0.3, -0.25) is 18.7 Å². The van der Waals surface area contributed by atoms with Crippen LogP contribution in [0.1, 0.15) is 49.8 Å². The predicted octanol–water partition coefficient (Wildman–Crippen LogP) is 4.83. The zero-order chi connectivity index (χ0) is 28.4. The maximum Gasteiger partial charge on any atom is 0.332 e. The number of aromatic nitrogens is 2. The zero-order valence-corrected chi connectivity index (χ0v) is 25.4. The number of carbonyl (C=O) groups is 1. The standard InChI is InChI=1S/C29H35BrN2O7S/c1-4-38-28(34)19-13-18(14-19)15-31-26(33)24-17(2)25(30)40-27(24)32(29(31)35)16-23(39-20-9-11-37-12-10-20)21-7-5-6-8-22(21)36-3/h5-8,18-20,23H,4,9-16H2,1-3H3/t18?,19?,23-/m1/s1. The lowest BCUT2D eigenvalue weighted by Gasteiger charge is -2.33. The molecule has 3 aromatic rings. The van der Waals surface area contributed by atoms with Gasteiger partial charge in [0.1, 0.15) is 16.7 Å². The normalized spacial score (nSPS) is 20.3. The number of methoxy groups -OCH3 is 1. The summed E-state index contributed by atoms with van der Waals surface area (Å²) in [6.07, 6.45) is 2.24. The number of benzene rings is 1. The second-order valence-electron chi connectivity index (χ2n) is 10.5. The summed E-state index contributed by atoms with van der Waals surface area (Å²) in [6.45, 7) is 5.76. The first-order valence-electron chi connectivity index (χ1n) is 13.8. The second kappa shape index (κ2) is 12.6. The van der Waals surface area contributed by atoms with Crippen LogP contribution in [0.5, 0.6) is 5.75 Å². The monoisotopic (exact) mass is 634 g/mol. The topological polar surface area (TPSA) is 98.0 Å². The summed E-state index contributed by atoms with van der Waals surface area (Å²) in [5.74, 6) is 0.352. The minimum Gasteiger partial charge on any atom is -0.496 e. The molecule has 1 aromatic carbocycles. The van der Waals surface area contributed by atoms with Crippen molar-refractivity contribution in [3.8, 4) is 5.75 Å². The Bertz CT molecular complexity index is 1480. The number of halogens is 1. The first-order valence-corrected chi connectivity index (χ1v) is 15.4. The number of para-hydroxylation sites is 1. The van der Waals surface area contributed by atoms with E-state index in [0.717, 1.165) is 27.8 Å². The summed E-state index contributed by atoms with van der Waals surface area (Å²) in [4.78, 5) is 40.5. The van der Waals surface area contributed by atoms with Crippen LogP contribution in [0, 0.1) is 18.8 Å². The van der Waals surface area contributed by atoms with Crippen LogP contribution in [0.4, 0.5) is 0 Å². The molecule has 0 bridgehead atoms. The molecule has 1 aliphatic heterocycles. The number of hydrogen-bond donors (Lipinski definition) is 0. The maximum absolute atomic E-state index is 14.1. The Balaban J connectivity index is 1.54. The number of esters is 1. The molecule has 0 radical (unpaired) electrons. The summed E-state index contributed by atoms with van der Waals surface area (Å²) in [7, 11) is 1.62. The molecule has 2 fully saturated rings. The lowest BCUT2D eigenvalue weighted by atomic mass is 9.75. The van der Waals surface area contributed by atoms with Gasteiger partial charge in [0.05, 0.1) is 41.5 Å². The van der Waals surface area contributed by atoms with Crippen molar-refractivity contribution in [1.29, 1.82) is 0 Å². The molecular weight excluding hydrogens is 600 g/mol. The van der Waals surface area contributed by atoms with Gasteiger partial charge in [0, 0.05) is 25.3 Å². The molecule has 0 unspecified atom stereocenters. The fourth-order valence-electron chi connectivity index (χ4n) is 5.64. The van der Waals surface area contributed by atoms with E-state index in [1.165, 1.54) is 15.9 Å². The van der Waals surface area contributed by atoms with Gasteiger partial charge in [-0.25, -0.2) is 4.79 Å². The highest BCUT2D eigenvalue weighted by atomic mass is 79.9. The SMILES string of the molecule is CCOC(=O)C1CC(Cn2c(=O)c3c(C)c(Br)sc3n(C[C@@H](OC3CCOCC3)c3ccccc3OC)c2=O)C1. The first kappa shape index (κ1) is 29.0. The van der Waals surface area contributed by atoms with Crippen LogP contribution in [-0.4, -0.2) is 48.1 Å². The summed E-state index contributed by atoms with van der Waals surface area (Å²) in [6, 6.07) is 7.68. The summed E-state index contributed by atoms with van der Waals surface area (Å²) < 4.78 is 26.8. The molecule has 40 heavy (non-hydrogen) atoms. The van der Waals surface area contributed by atoms with Crippen molar-refractivity contribution < 1.29 is 23.7 Å². The third-order valence-corrected chi connectivity index (χ3v) is 10.1. The lowest BCUT2D eigenvalue weighted by molar-refractivity contribution is -0.153. The van der Waals surface area contributed by atoms with Crippen molar-refractivity contribution in [3.05, 3.63) is 60.0 Å². The number of ether oxygens (including phenoxy) is 4. The molecule has 0 spiro atoms. The van der Waals surface area contributed by atoms with E-state index in [1.807, 2.05) is 31.2 Å². The molecule has 2 aromatic heterocycles. The smallest absolute Gasteiger partial charge is 0.332 e. The molecule has 1 aliphatic carbocycles. The third kappa shape index (κ3) is 5.79. The first-order chi connectivity index (χ1) is 19.3. The number of hydrogen-bond acceptors (Lipinski definition) is 8. The number of fused-ring (bicyclic) bond motifs is 1. The molecule has 2 aliphatic rings. The van der Waals surface area contributed by atoms with E-state index in [2.05, 4.69) is 15.9 Å². The molecule has 216 valence electrons. The van der Waals surface area contributed by atoms with Crippen molar-refractivity contribution >= 4 is 43.5 Å². The highest BCUT2D eigenvalue weighted by Crippen LogP contribution is 2.37. The van der Waals surface area contributed by atoms with Gasteiger partial charge in [-0.1, -0.05) is 18.2 Å². The van der Waals surface area contributed by atoms with E-state index in [-0.39, 0.29) is 48.2 Å². The molecule has 9 nitrogen and oxygen atoms in total. The Labute approximate surface area is 245 Å². The molecular formula is C29H35BrN2O7S. The maximum atomic E-state index is 14.1. The average molecular weight is 636 g/mol. The highest BCUT2D eigenvalue weighted by molar-refractivity contribution is 9.11. The summed E-state index contributed by atoms with van der Waals surface area (Å²) in [5.41, 5.74) is 0.985. The molecule has 1 saturated heterocycles. The van der Waals surface area contributed by atoms with Crippen LogP contribution in [0.2, 0.25) is 0 Å². The second-order valence-corrected chi connectivity index (χ2v) is 12.8. The zero-order valence-electron chi connectivity index (χ0n) is 23.0. The fourth-order valence-corrected chi connectivity index (χ4v) is 7.33. The van der Waals surface area contributed by atoms with Crippen LogP contribution in [-0.2, 0) is 32.1 Å². The van der Waals surface area contributed by atoms with Gasteiger partial charge < -0.3 is 18.9 Å². The van der Waals surface area contributed by atoms with Gasteiger partial charge in [-0.15, -0.1) is 11.3 Å². The van der Waals surface area contributed by atoms with Gasteiger partial charge >= 0.3 is 11.7 Å². The molecule has 0 N–H and O–H groups in total. The van der Waals surface area contributed by atoms with Crippen LogP contribution < -0.4 is 16.0 Å². The molecule has 1 saturated carbocycles. The van der Waals surface area contributed by atoms with Crippen LogP contribution in [0.3, 0.4) is 0 Å². The number of nitrogens with zero attached hydrogens (tertiary/aromatic N) is 2. The Morgan fingerprint density at radius 3 is 2.60 bits per heavy atom. The Kier molecular flexibility index (Phi) is 9.14. The van der Waals surface area contributed by atoms with Crippen LogP contribution in [0.15, 0.2) is 37.6 Å². The predicted molar refractivity (Wildman–Crippen MR) is 156 cm³/mol. The van der Waals surface area contributed by atoms with Gasteiger partial charge in [-0.05, 0) is 73.0 Å². The molecule has 5 rings (SSSR count). The minimum absolute atomic E-state index is 0.0210. The van der Waals surface area contributed by atoms with Gasteiger partial charge in [0.15, 0.2) is 0 Å². The summed E-state index contributed by atoms with van der Waals surface area (Å²) in [5, 5.41) is 0.530. The van der Waals surface area contributed by atoms with E-state index in [0.29, 0.717) is 48.6 Å². The van der Waals surface area contributed by atoms with Gasteiger partial charge in [0.2, 0.25) is 0 Å². The Hall–Kier alpha value is -2.47. The van der Waals surface area contributed by atoms with E-state index < -0.39 is 6.10 Å². The van der Waals surface area contributed by atoms with E-state index >= 15 is 0 Å². The Morgan fingerprint density at radius 1 is 1.18 bits per heavy atom. The van der Waals surface area contributed by atoms with E-state index in [9.17, 15) is 14.4 Å². The molecule has 3 heterocycles. The number of thiophene rings is 1. The number of carbonyl (C=O) groups excluding carboxylic acids is 1. The third-order valence-electron chi connectivity index (χ3n) is 7.89. The fraction of sp³-hybridized carbons (Fsp3) is 0.552. The number of rotatable bonds is 10. The number of aryl methyl sites for hydroxylation is 1. The van der Waals surface area contributed by atoms with Crippen LogP contribution >= 0.6 is 27.3 Å². The van der Waals surface area contributed by atoms with Crippen molar-refractivity contribution in [2.45, 2.75) is 64.8 Å². The van der Waals surface area contributed by atoms with Crippen molar-refractivity contribution in [3.63, 3.8) is 0 Å². The molecule has 11 heteroatoms. The quantitative estimate of drug-likeness (QED) is 0.295. The largest absolute Gasteiger partial charge is 0.496 e. The molecule has 0 amide bonds. The van der Waals surface area contributed by atoms with Gasteiger partial charge in [-0.2, -0.15) is 0 Å². The minimum atomic E-state index is -0.482. The lowest BCUT2D eigenvalue weighted by Crippen LogP contribution is -2.45. The average Bonchev–Trinajstić information content (AvgIpc) is 3.23. The van der Waals surface area contributed by atoms with Crippen molar-refractivity contribution in [2.24, 2.45) is 11.8 Å². The van der Waals surface area contributed by atoms with Gasteiger partial charge in [0.25, 0.3) is 5.56 Å². The van der Waals surface area contributed by atoms with E-state index in [1.54, 1.807) is 18.6 Å². The van der Waals surface area contributed by atoms with Crippen molar-refractivity contribution in [1.82, 2.24) is 9.13 Å². The Morgan fingerprint density at radius 2 is 1.90 bits per heavy atom. The van der Waals surface area contributed by atoms with Crippen molar-refractivity contribution in [2.75, 3.05) is 26.9 Å². The van der Waals surface area contributed by atoms with Crippen LogP contribution in [0.25, 0.3) is 10.2 Å². The molecule has 1 atom stereocenters. The summed E-state index contributed by atoms with van der Waals surface area (Å²) >= 11 is 4.97. The van der Waals surface area contributed by atoms with E-state index in [4.69, 9.17) is 18.9 Å². The highest BCUT2D eigenvalue weighted by Gasteiger charge is 2.36.